The van der Waals surface area contributed by atoms with Crippen molar-refractivity contribution in [2.45, 2.75) is 39.7 Å². The van der Waals surface area contributed by atoms with Crippen molar-refractivity contribution in [3.63, 3.8) is 0 Å². The minimum atomic E-state index is 0.289. The first-order valence-electron chi connectivity index (χ1n) is 7.14. The Morgan fingerprint density at radius 2 is 2.10 bits per heavy atom. The second-order valence-corrected chi connectivity index (χ2v) is 7.33. The van der Waals surface area contributed by atoms with Crippen molar-refractivity contribution in [3.8, 4) is 0 Å². The number of aromatic nitrogens is 1. The van der Waals surface area contributed by atoms with Gasteiger partial charge in [0, 0.05) is 22.1 Å². The summed E-state index contributed by atoms with van der Waals surface area (Å²) in [4.78, 5) is 3.52. The predicted molar refractivity (Wildman–Crippen MR) is 86.8 cm³/mol. The molecule has 1 aromatic carbocycles. The summed E-state index contributed by atoms with van der Waals surface area (Å²) in [6.45, 7) is 7.75. The van der Waals surface area contributed by atoms with Crippen molar-refractivity contribution in [3.05, 3.63) is 33.4 Å². The molecule has 0 amide bonds. The third kappa shape index (κ3) is 2.34. The Balaban J connectivity index is 2.24. The maximum atomic E-state index is 6.34. The highest BCUT2D eigenvalue weighted by molar-refractivity contribution is 6.38. The van der Waals surface area contributed by atoms with Gasteiger partial charge in [0.1, 0.15) is 0 Å². The van der Waals surface area contributed by atoms with Crippen LogP contribution in [0.2, 0.25) is 10.0 Å². The van der Waals surface area contributed by atoms with E-state index in [-0.39, 0.29) is 5.41 Å². The van der Waals surface area contributed by atoms with Crippen LogP contribution in [0.25, 0.3) is 10.9 Å². The van der Waals surface area contributed by atoms with Crippen LogP contribution in [0.15, 0.2) is 12.1 Å². The lowest BCUT2D eigenvalue weighted by Gasteiger charge is -2.35. The van der Waals surface area contributed by atoms with Gasteiger partial charge in [0.2, 0.25) is 0 Å². The van der Waals surface area contributed by atoms with Crippen molar-refractivity contribution in [2.75, 3.05) is 6.54 Å². The molecular weight excluding hydrogens is 291 g/mol. The molecule has 0 radical (unpaired) electrons. The molecule has 1 heterocycles. The fourth-order valence-corrected chi connectivity index (χ4v) is 4.00. The normalized spacial score (nSPS) is 21.1. The van der Waals surface area contributed by atoms with E-state index in [1.807, 2.05) is 6.07 Å². The fraction of sp³-hybridized carbons (Fsp3) is 0.500. The molecule has 2 nitrogen and oxygen atoms in total. The summed E-state index contributed by atoms with van der Waals surface area (Å²) in [5.41, 5.74) is 3.95. The monoisotopic (exact) mass is 310 g/mol. The van der Waals surface area contributed by atoms with Crippen LogP contribution in [0.4, 0.5) is 0 Å². The number of H-pyrrole nitrogens is 1. The van der Waals surface area contributed by atoms with E-state index in [2.05, 4.69) is 31.1 Å². The summed E-state index contributed by atoms with van der Waals surface area (Å²) in [7, 11) is 0. The lowest BCUT2D eigenvalue weighted by Crippen LogP contribution is -2.33. The first kappa shape index (κ1) is 14.2. The highest BCUT2D eigenvalue weighted by Crippen LogP contribution is 2.45. The first-order valence-corrected chi connectivity index (χ1v) is 7.90. The summed E-state index contributed by atoms with van der Waals surface area (Å²) in [6.07, 6.45) is 2.18. The van der Waals surface area contributed by atoms with Gasteiger partial charge in [0.25, 0.3) is 0 Å². The van der Waals surface area contributed by atoms with Crippen LogP contribution >= 0.6 is 23.2 Å². The van der Waals surface area contributed by atoms with Gasteiger partial charge in [-0.1, -0.05) is 44.0 Å². The molecule has 2 N–H and O–H groups in total. The summed E-state index contributed by atoms with van der Waals surface area (Å²) in [6, 6.07) is 4.20. The van der Waals surface area contributed by atoms with E-state index in [1.165, 1.54) is 16.6 Å². The molecule has 1 atom stereocenters. The molecule has 4 heteroatoms. The minimum Gasteiger partial charge on any atom is -0.357 e. The van der Waals surface area contributed by atoms with Crippen molar-refractivity contribution in [1.82, 2.24) is 10.3 Å². The van der Waals surface area contributed by atoms with E-state index >= 15 is 0 Å². The highest BCUT2D eigenvalue weighted by atomic mass is 35.5. The fourth-order valence-electron chi connectivity index (χ4n) is 3.46. The molecule has 0 spiro atoms. The Labute approximate surface area is 129 Å². The van der Waals surface area contributed by atoms with Gasteiger partial charge in [-0.15, -0.1) is 0 Å². The molecule has 2 aromatic rings. The van der Waals surface area contributed by atoms with Gasteiger partial charge in [-0.25, -0.2) is 0 Å². The van der Waals surface area contributed by atoms with E-state index < -0.39 is 0 Å². The topological polar surface area (TPSA) is 27.8 Å². The van der Waals surface area contributed by atoms with Crippen molar-refractivity contribution in [1.29, 1.82) is 0 Å². The predicted octanol–water partition coefficient (Wildman–Crippen LogP) is 5.10. The zero-order valence-corrected chi connectivity index (χ0v) is 13.6. The largest absolute Gasteiger partial charge is 0.357 e. The Kier molecular flexibility index (Phi) is 3.52. The van der Waals surface area contributed by atoms with Gasteiger partial charge in [0.05, 0.1) is 10.5 Å². The number of rotatable bonds is 2. The van der Waals surface area contributed by atoms with E-state index in [0.29, 0.717) is 16.1 Å². The van der Waals surface area contributed by atoms with Crippen LogP contribution in [-0.2, 0) is 6.42 Å². The molecule has 0 saturated heterocycles. The van der Waals surface area contributed by atoms with Gasteiger partial charge in [-0.2, -0.15) is 0 Å². The Morgan fingerprint density at radius 1 is 1.35 bits per heavy atom. The maximum absolute atomic E-state index is 6.34. The number of aromatic amines is 1. The van der Waals surface area contributed by atoms with E-state index in [9.17, 15) is 0 Å². The van der Waals surface area contributed by atoms with Gasteiger partial charge >= 0.3 is 0 Å². The van der Waals surface area contributed by atoms with Gasteiger partial charge in [0.15, 0.2) is 0 Å². The number of fused-ring (bicyclic) bond motifs is 3. The van der Waals surface area contributed by atoms with Crippen LogP contribution in [0, 0.1) is 5.41 Å². The molecule has 1 aromatic heterocycles. The molecule has 1 unspecified atom stereocenters. The van der Waals surface area contributed by atoms with Gasteiger partial charge in [-0.05, 0) is 42.5 Å². The van der Waals surface area contributed by atoms with Crippen LogP contribution in [-0.4, -0.2) is 11.5 Å². The van der Waals surface area contributed by atoms with Crippen molar-refractivity contribution < 1.29 is 0 Å². The number of benzene rings is 1. The summed E-state index contributed by atoms with van der Waals surface area (Å²) >= 11 is 12.5. The minimum absolute atomic E-state index is 0.289. The van der Waals surface area contributed by atoms with E-state index in [0.717, 1.165) is 24.9 Å². The molecular formula is C16H20Cl2N2. The average Bonchev–Trinajstić information content (AvgIpc) is 2.66. The number of hydrogen-bond acceptors (Lipinski definition) is 1. The zero-order valence-electron chi connectivity index (χ0n) is 12.1. The summed E-state index contributed by atoms with van der Waals surface area (Å²) < 4.78 is 0. The first-order chi connectivity index (χ1) is 9.41. The maximum Gasteiger partial charge on any atom is 0.0662 e. The van der Waals surface area contributed by atoms with Crippen LogP contribution in [0.1, 0.15) is 44.5 Å². The summed E-state index contributed by atoms with van der Waals surface area (Å²) in [5, 5.41) is 6.18. The lowest BCUT2D eigenvalue weighted by molar-refractivity contribution is 0.259. The van der Waals surface area contributed by atoms with Crippen molar-refractivity contribution >= 4 is 34.1 Å². The Hall–Kier alpha value is -0.700. The van der Waals surface area contributed by atoms with Gasteiger partial charge < -0.3 is 10.3 Å². The average molecular weight is 311 g/mol. The second kappa shape index (κ2) is 4.94. The van der Waals surface area contributed by atoms with Crippen molar-refractivity contribution in [2.24, 2.45) is 5.41 Å². The standard InChI is InChI=1S/C16H20Cl2N2/c1-4-19-12-7-16(2,3)8-13-14(12)10-5-9(17)6-11(18)15(10)20-13/h5-6,12,19-20H,4,7-8H2,1-3H3. The molecule has 0 fully saturated rings. The molecule has 0 saturated carbocycles. The smallest absolute Gasteiger partial charge is 0.0662 e. The van der Waals surface area contributed by atoms with Crippen LogP contribution in [0.5, 0.6) is 0 Å². The molecule has 0 bridgehead atoms. The molecule has 1 aliphatic carbocycles. The third-order valence-corrected chi connectivity index (χ3v) is 4.67. The van der Waals surface area contributed by atoms with Crippen LogP contribution < -0.4 is 5.32 Å². The van der Waals surface area contributed by atoms with Crippen LogP contribution in [0.3, 0.4) is 0 Å². The molecule has 20 heavy (non-hydrogen) atoms. The van der Waals surface area contributed by atoms with E-state index in [4.69, 9.17) is 23.2 Å². The molecule has 1 aliphatic rings. The number of halogens is 2. The van der Waals surface area contributed by atoms with E-state index in [1.54, 1.807) is 6.07 Å². The second-order valence-electron chi connectivity index (χ2n) is 6.48. The Morgan fingerprint density at radius 3 is 2.80 bits per heavy atom. The third-order valence-electron chi connectivity index (χ3n) is 4.16. The highest BCUT2D eigenvalue weighted by Gasteiger charge is 2.34. The lowest BCUT2D eigenvalue weighted by atomic mass is 9.74. The zero-order chi connectivity index (χ0) is 14.5. The molecule has 108 valence electrons. The summed E-state index contributed by atoms with van der Waals surface area (Å²) in [5.74, 6) is 0. The SMILES string of the molecule is CCNC1CC(C)(C)Cc2[nH]c3c(Cl)cc(Cl)cc3c21. The van der Waals surface area contributed by atoms with Gasteiger partial charge in [-0.3, -0.25) is 0 Å². The number of nitrogens with one attached hydrogen (secondary N) is 2. The molecule has 3 rings (SSSR count). The Bertz CT molecular complexity index is 658. The quantitative estimate of drug-likeness (QED) is 0.793. The molecule has 0 aliphatic heterocycles. The number of hydrogen-bond donors (Lipinski definition) is 2.